The van der Waals surface area contributed by atoms with Gasteiger partial charge in [0.2, 0.25) is 5.91 Å². The number of amides is 3. The number of nitrogens with one attached hydrogen (secondary N) is 2. The Morgan fingerprint density at radius 1 is 1.23 bits per heavy atom. The van der Waals surface area contributed by atoms with Gasteiger partial charge >= 0.3 is 6.03 Å². The van der Waals surface area contributed by atoms with Crippen LogP contribution in [-0.2, 0) is 9.53 Å². The Bertz CT molecular complexity index is 906. The molecule has 0 radical (unpaired) electrons. The van der Waals surface area contributed by atoms with Gasteiger partial charge in [-0.1, -0.05) is 0 Å². The fraction of sp³-hybridized carbons (Fsp3) is 0.381. The zero-order valence-corrected chi connectivity index (χ0v) is 17.1. The lowest BCUT2D eigenvalue weighted by Crippen LogP contribution is -2.36. The number of benzene rings is 1. The number of urea groups is 1. The van der Waals surface area contributed by atoms with E-state index >= 15 is 0 Å². The molecule has 0 saturated carbocycles. The predicted octanol–water partition coefficient (Wildman–Crippen LogP) is 3.19. The number of aromatic nitrogens is 1. The van der Waals surface area contributed by atoms with Gasteiger partial charge in [0.15, 0.2) is 0 Å². The topological polar surface area (TPSA) is 92.8 Å². The molecule has 0 unspecified atom stereocenters. The Morgan fingerprint density at radius 3 is 2.67 bits per heavy atom. The maximum atomic E-state index is 14.1. The van der Waals surface area contributed by atoms with Gasteiger partial charge in [0.1, 0.15) is 17.7 Å². The molecule has 1 aliphatic rings. The van der Waals surface area contributed by atoms with Crippen molar-refractivity contribution in [3.8, 4) is 5.75 Å². The van der Waals surface area contributed by atoms with Crippen LogP contribution in [0.2, 0.25) is 0 Å². The Labute approximate surface area is 174 Å². The lowest BCUT2D eigenvalue weighted by Gasteiger charge is -2.21. The largest absolute Gasteiger partial charge is 0.488 e. The number of aryl methyl sites for hydroxylation is 1. The lowest BCUT2D eigenvalue weighted by atomic mass is 10.2. The highest BCUT2D eigenvalue weighted by Gasteiger charge is 2.35. The molecule has 3 rings (SSSR count). The number of rotatable bonds is 6. The van der Waals surface area contributed by atoms with Crippen LogP contribution >= 0.6 is 0 Å². The number of ether oxygens (including phenoxy) is 2. The molecule has 1 saturated heterocycles. The van der Waals surface area contributed by atoms with Gasteiger partial charge in [-0.15, -0.1) is 0 Å². The molecule has 1 aliphatic heterocycles. The Morgan fingerprint density at radius 2 is 2.00 bits per heavy atom. The quantitative estimate of drug-likeness (QED) is 0.755. The summed E-state index contributed by atoms with van der Waals surface area (Å²) in [6, 6.07) is 6.86. The van der Waals surface area contributed by atoms with Crippen LogP contribution in [0, 0.1) is 12.7 Å². The number of nitrogens with zero attached hydrogens (tertiary/aromatic N) is 2. The molecule has 2 N–H and O–H groups in total. The highest BCUT2D eigenvalue weighted by Crippen LogP contribution is 2.26. The van der Waals surface area contributed by atoms with E-state index in [4.69, 9.17) is 9.47 Å². The summed E-state index contributed by atoms with van der Waals surface area (Å²) in [4.78, 5) is 29.8. The molecule has 1 aromatic carbocycles. The van der Waals surface area contributed by atoms with E-state index in [9.17, 15) is 14.0 Å². The molecule has 8 nitrogen and oxygen atoms in total. The van der Waals surface area contributed by atoms with Crippen LogP contribution in [0.3, 0.4) is 0 Å². The lowest BCUT2D eigenvalue weighted by molar-refractivity contribution is -0.130. The molecule has 1 aromatic heterocycles. The number of carbonyl (C=O) groups excluding carboxylic acids is 2. The smallest absolute Gasteiger partial charge is 0.323 e. The average molecular weight is 416 g/mol. The molecular formula is C21H25FN4O4. The maximum absolute atomic E-state index is 14.1. The summed E-state index contributed by atoms with van der Waals surface area (Å²) in [5.41, 5.74) is 1.60. The predicted molar refractivity (Wildman–Crippen MR) is 110 cm³/mol. The average Bonchev–Trinajstić information content (AvgIpc) is 3.06. The minimum atomic E-state index is -0.547. The number of hydrogen-bond acceptors (Lipinski definition) is 5. The van der Waals surface area contributed by atoms with E-state index < -0.39 is 11.8 Å². The number of hydrogen-bond donors (Lipinski definition) is 2. The molecule has 3 amide bonds. The van der Waals surface area contributed by atoms with Gasteiger partial charge < -0.3 is 25.0 Å². The molecule has 2 aromatic rings. The van der Waals surface area contributed by atoms with Crippen molar-refractivity contribution in [2.24, 2.45) is 0 Å². The zero-order valence-electron chi connectivity index (χ0n) is 17.1. The maximum Gasteiger partial charge on any atom is 0.323 e. The molecule has 2 heterocycles. The van der Waals surface area contributed by atoms with Crippen molar-refractivity contribution in [1.82, 2.24) is 9.88 Å². The van der Waals surface area contributed by atoms with Crippen molar-refractivity contribution in [3.63, 3.8) is 0 Å². The van der Waals surface area contributed by atoms with Crippen LogP contribution in [0.1, 0.15) is 19.0 Å². The first-order valence-electron chi connectivity index (χ1n) is 9.58. The number of halogens is 1. The summed E-state index contributed by atoms with van der Waals surface area (Å²) in [5.74, 6) is -0.337. The summed E-state index contributed by atoms with van der Waals surface area (Å²) in [6.45, 7) is 4.14. The van der Waals surface area contributed by atoms with Crippen LogP contribution < -0.4 is 15.4 Å². The second-order valence-corrected chi connectivity index (χ2v) is 7.20. The van der Waals surface area contributed by atoms with Gasteiger partial charge in [-0.05, 0) is 25.1 Å². The Balaban J connectivity index is 1.64. The highest BCUT2D eigenvalue weighted by molar-refractivity contribution is 5.99. The molecule has 1 fully saturated rings. The monoisotopic (exact) mass is 416 g/mol. The van der Waals surface area contributed by atoms with Crippen LogP contribution in [-0.4, -0.2) is 54.2 Å². The third kappa shape index (κ3) is 5.66. The third-order valence-corrected chi connectivity index (χ3v) is 4.74. The van der Waals surface area contributed by atoms with Crippen molar-refractivity contribution >= 4 is 23.3 Å². The summed E-state index contributed by atoms with van der Waals surface area (Å²) in [5, 5.41) is 5.22. The minimum absolute atomic E-state index is 0.0629. The van der Waals surface area contributed by atoms with E-state index in [0.717, 1.165) is 5.69 Å². The number of likely N-dealkylation sites (tertiary alicyclic amines) is 1. The fourth-order valence-electron chi connectivity index (χ4n) is 3.43. The second-order valence-electron chi connectivity index (χ2n) is 7.20. The second kappa shape index (κ2) is 9.53. The number of pyridine rings is 1. The van der Waals surface area contributed by atoms with Crippen LogP contribution in [0.15, 0.2) is 36.5 Å². The van der Waals surface area contributed by atoms with Crippen molar-refractivity contribution in [1.29, 1.82) is 0 Å². The Hall–Kier alpha value is -3.20. The van der Waals surface area contributed by atoms with Crippen LogP contribution in [0.4, 0.5) is 20.6 Å². The van der Waals surface area contributed by atoms with Crippen LogP contribution in [0.5, 0.6) is 5.75 Å². The van der Waals surface area contributed by atoms with E-state index in [2.05, 4.69) is 15.6 Å². The molecule has 2 atom stereocenters. The van der Waals surface area contributed by atoms with Crippen molar-refractivity contribution in [2.75, 3.05) is 30.9 Å². The van der Waals surface area contributed by atoms with Crippen molar-refractivity contribution in [3.05, 3.63) is 48.0 Å². The summed E-state index contributed by atoms with van der Waals surface area (Å²) >= 11 is 0. The summed E-state index contributed by atoms with van der Waals surface area (Å²) in [6.07, 6.45) is 1.82. The van der Waals surface area contributed by atoms with E-state index in [-0.39, 0.29) is 29.5 Å². The molecule has 0 spiro atoms. The zero-order chi connectivity index (χ0) is 21.7. The third-order valence-electron chi connectivity index (χ3n) is 4.74. The number of methoxy groups -OCH3 is 1. The minimum Gasteiger partial charge on any atom is -0.488 e. The van der Waals surface area contributed by atoms with E-state index in [0.29, 0.717) is 25.3 Å². The van der Waals surface area contributed by atoms with Gasteiger partial charge in [-0.2, -0.15) is 0 Å². The van der Waals surface area contributed by atoms with Crippen molar-refractivity contribution < 1.29 is 23.5 Å². The first kappa shape index (κ1) is 21.5. The SMILES string of the molecule is COC[C@@H]1C[C@H](Oc2cc(F)cc(NC(=O)Nc3ccc(C)nc3)c2)CN1C(C)=O. The van der Waals surface area contributed by atoms with Gasteiger partial charge in [0.05, 0.1) is 31.1 Å². The normalized spacial score (nSPS) is 18.2. The van der Waals surface area contributed by atoms with E-state index in [1.807, 2.05) is 6.92 Å². The molecule has 9 heteroatoms. The fourth-order valence-corrected chi connectivity index (χ4v) is 3.43. The highest BCUT2D eigenvalue weighted by atomic mass is 19.1. The van der Waals surface area contributed by atoms with E-state index in [1.54, 1.807) is 24.1 Å². The molecule has 160 valence electrons. The van der Waals surface area contributed by atoms with Gasteiger partial charge in [-0.25, -0.2) is 9.18 Å². The first-order chi connectivity index (χ1) is 14.3. The molecule has 0 aliphatic carbocycles. The standard InChI is InChI=1S/C21H25FN4O4/c1-13-4-5-16(10-23-13)24-21(28)25-17-6-15(22)7-19(8-17)30-20-9-18(12-29-3)26(11-20)14(2)27/h4-8,10,18,20H,9,11-12H2,1-3H3,(H2,24,25,28)/t18-,20-/m0/s1. The first-order valence-corrected chi connectivity index (χ1v) is 9.58. The summed E-state index contributed by atoms with van der Waals surface area (Å²) < 4.78 is 25.1. The van der Waals surface area contributed by atoms with Crippen LogP contribution in [0.25, 0.3) is 0 Å². The van der Waals surface area contributed by atoms with E-state index in [1.165, 1.54) is 31.3 Å². The van der Waals surface area contributed by atoms with Gasteiger partial charge in [0.25, 0.3) is 0 Å². The number of anilines is 2. The molecule has 30 heavy (non-hydrogen) atoms. The van der Waals surface area contributed by atoms with Gasteiger partial charge in [-0.3, -0.25) is 9.78 Å². The van der Waals surface area contributed by atoms with Gasteiger partial charge in [0, 0.05) is 44.0 Å². The summed E-state index contributed by atoms with van der Waals surface area (Å²) in [7, 11) is 1.58. The molecule has 0 bridgehead atoms. The molecular weight excluding hydrogens is 391 g/mol. The van der Waals surface area contributed by atoms with Crippen molar-refractivity contribution in [2.45, 2.75) is 32.4 Å². The Kier molecular flexibility index (Phi) is 6.83. The number of carbonyl (C=O) groups is 2.